The number of anilines is 2. The lowest BCUT2D eigenvalue weighted by Gasteiger charge is -2.11. The summed E-state index contributed by atoms with van der Waals surface area (Å²) in [6, 6.07) is 20.3. The van der Waals surface area contributed by atoms with Gasteiger partial charge in [-0.1, -0.05) is 42.5 Å². The topological polar surface area (TPSA) is 47.0 Å². The fourth-order valence-corrected chi connectivity index (χ4v) is 3.83. The summed E-state index contributed by atoms with van der Waals surface area (Å²) in [5.74, 6) is 2.32. The summed E-state index contributed by atoms with van der Waals surface area (Å²) in [5, 5.41) is 4.42. The quantitative estimate of drug-likeness (QED) is 0.535. The van der Waals surface area contributed by atoms with Crippen molar-refractivity contribution in [1.29, 1.82) is 0 Å². The van der Waals surface area contributed by atoms with E-state index in [0.717, 1.165) is 33.3 Å². The molecule has 1 N–H and O–H groups in total. The molecule has 0 amide bonds. The van der Waals surface area contributed by atoms with Gasteiger partial charge >= 0.3 is 0 Å². The molecule has 4 aromatic rings. The molecule has 4 nitrogen and oxygen atoms in total. The fraction of sp³-hybridized carbons (Fsp3) is 0.100. The Balaban J connectivity index is 1.82. The van der Waals surface area contributed by atoms with Crippen molar-refractivity contribution in [1.82, 2.24) is 9.97 Å². The molecule has 0 saturated heterocycles. The van der Waals surface area contributed by atoms with Gasteiger partial charge in [0.2, 0.25) is 0 Å². The Labute approximate surface area is 150 Å². The highest BCUT2D eigenvalue weighted by Crippen LogP contribution is 2.37. The van der Waals surface area contributed by atoms with Crippen LogP contribution in [-0.4, -0.2) is 17.1 Å². The Hall–Kier alpha value is -2.92. The lowest BCUT2D eigenvalue weighted by Crippen LogP contribution is -1.99. The Morgan fingerprint density at radius 1 is 0.960 bits per heavy atom. The number of nitrogens with zero attached hydrogens (tertiary/aromatic N) is 2. The molecule has 25 heavy (non-hydrogen) atoms. The molecule has 0 saturated carbocycles. The highest BCUT2D eigenvalue weighted by atomic mass is 32.1. The van der Waals surface area contributed by atoms with Crippen molar-refractivity contribution in [3.8, 4) is 16.2 Å². The molecule has 0 spiro atoms. The largest absolute Gasteiger partial charge is 0.495 e. The van der Waals surface area contributed by atoms with Gasteiger partial charge in [0.1, 0.15) is 22.2 Å². The number of fused-ring (bicyclic) bond motifs is 1. The summed E-state index contributed by atoms with van der Waals surface area (Å²) in [4.78, 5) is 11.4. The van der Waals surface area contributed by atoms with Gasteiger partial charge in [0, 0.05) is 4.88 Å². The highest BCUT2D eigenvalue weighted by Gasteiger charge is 2.13. The van der Waals surface area contributed by atoms with E-state index in [1.165, 1.54) is 10.4 Å². The molecule has 0 radical (unpaired) electrons. The van der Waals surface area contributed by atoms with Gasteiger partial charge in [0.25, 0.3) is 0 Å². The number of aryl methyl sites for hydroxylation is 1. The number of hydrogen-bond donors (Lipinski definition) is 1. The Morgan fingerprint density at radius 2 is 1.72 bits per heavy atom. The van der Waals surface area contributed by atoms with Crippen molar-refractivity contribution in [3.63, 3.8) is 0 Å². The fourth-order valence-electron chi connectivity index (χ4n) is 2.74. The van der Waals surface area contributed by atoms with Crippen molar-refractivity contribution >= 4 is 33.1 Å². The number of methoxy groups -OCH3 is 1. The number of para-hydroxylation sites is 2. The molecule has 0 aliphatic rings. The first-order valence-corrected chi connectivity index (χ1v) is 8.80. The minimum atomic E-state index is 0.742. The van der Waals surface area contributed by atoms with Crippen LogP contribution in [0.4, 0.5) is 11.5 Å². The number of thiophene rings is 1. The van der Waals surface area contributed by atoms with Gasteiger partial charge in [-0.15, -0.1) is 11.3 Å². The van der Waals surface area contributed by atoms with Crippen LogP contribution in [0.5, 0.6) is 5.75 Å². The standard InChI is InChI=1S/C20H17N3OS/c1-13-21-19(23-16-10-6-7-11-17(16)24-2)15-12-18(25-20(15)22-13)14-8-4-3-5-9-14/h3-12H,1-2H3,(H,21,22,23). The van der Waals surface area contributed by atoms with Gasteiger partial charge in [-0.3, -0.25) is 0 Å². The number of ether oxygens (including phenoxy) is 1. The molecule has 2 aromatic carbocycles. The van der Waals surface area contributed by atoms with Gasteiger partial charge in [0.05, 0.1) is 18.2 Å². The lowest BCUT2D eigenvalue weighted by molar-refractivity contribution is 0.417. The van der Waals surface area contributed by atoms with E-state index in [4.69, 9.17) is 4.74 Å². The highest BCUT2D eigenvalue weighted by molar-refractivity contribution is 7.21. The van der Waals surface area contributed by atoms with Crippen LogP contribution >= 0.6 is 11.3 Å². The van der Waals surface area contributed by atoms with E-state index in [1.807, 2.05) is 49.4 Å². The van der Waals surface area contributed by atoms with Crippen LogP contribution in [0, 0.1) is 6.92 Å². The number of aromatic nitrogens is 2. The molecular weight excluding hydrogens is 330 g/mol. The molecule has 2 heterocycles. The van der Waals surface area contributed by atoms with Crippen LogP contribution in [0.3, 0.4) is 0 Å². The first kappa shape index (κ1) is 15.6. The van der Waals surface area contributed by atoms with Crippen LogP contribution in [0.15, 0.2) is 60.7 Å². The summed E-state index contributed by atoms with van der Waals surface area (Å²) >= 11 is 1.68. The third-order valence-corrected chi connectivity index (χ3v) is 5.00. The van der Waals surface area contributed by atoms with Gasteiger partial charge in [-0.2, -0.15) is 0 Å². The smallest absolute Gasteiger partial charge is 0.143 e. The molecule has 0 aliphatic heterocycles. The molecule has 0 atom stereocenters. The van der Waals surface area contributed by atoms with Crippen molar-refractivity contribution < 1.29 is 4.74 Å². The van der Waals surface area contributed by atoms with Crippen molar-refractivity contribution in [2.45, 2.75) is 6.92 Å². The Morgan fingerprint density at radius 3 is 2.52 bits per heavy atom. The van der Waals surface area contributed by atoms with Gasteiger partial charge in [-0.25, -0.2) is 9.97 Å². The Kier molecular flexibility index (Phi) is 4.07. The minimum Gasteiger partial charge on any atom is -0.495 e. The van der Waals surface area contributed by atoms with Crippen LogP contribution in [0.1, 0.15) is 5.82 Å². The molecule has 5 heteroatoms. The molecule has 0 bridgehead atoms. The summed E-state index contributed by atoms with van der Waals surface area (Å²) in [6.45, 7) is 1.91. The summed E-state index contributed by atoms with van der Waals surface area (Å²) in [5.41, 5.74) is 2.07. The second-order valence-electron chi connectivity index (χ2n) is 5.64. The van der Waals surface area contributed by atoms with Crippen LogP contribution in [0.2, 0.25) is 0 Å². The van der Waals surface area contributed by atoms with E-state index < -0.39 is 0 Å². The zero-order valence-corrected chi connectivity index (χ0v) is 14.8. The maximum absolute atomic E-state index is 5.43. The van der Waals surface area contributed by atoms with E-state index >= 15 is 0 Å². The van der Waals surface area contributed by atoms with E-state index in [-0.39, 0.29) is 0 Å². The molecular formula is C20H17N3OS. The molecule has 4 rings (SSSR count). The van der Waals surface area contributed by atoms with Crippen LogP contribution in [-0.2, 0) is 0 Å². The summed E-state index contributed by atoms with van der Waals surface area (Å²) < 4.78 is 5.43. The van der Waals surface area contributed by atoms with Crippen molar-refractivity contribution in [2.75, 3.05) is 12.4 Å². The monoisotopic (exact) mass is 347 g/mol. The maximum atomic E-state index is 5.43. The number of hydrogen-bond acceptors (Lipinski definition) is 5. The molecule has 0 aliphatic carbocycles. The van der Waals surface area contributed by atoms with Crippen LogP contribution in [0.25, 0.3) is 20.7 Å². The minimum absolute atomic E-state index is 0.742. The van der Waals surface area contributed by atoms with Crippen LogP contribution < -0.4 is 10.1 Å². The first-order chi connectivity index (χ1) is 12.2. The second-order valence-corrected chi connectivity index (χ2v) is 6.67. The Bertz CT molecular complexity index is 1030. The number of benzene rings is 2. The molecule has 2 aromatic heterocycles. The average Bonchev–Trinajstić information content (AvgIpc) is 3.07. The lowest BCUT2D eigenvalue weighted by atomic mass is 10.2. The van der Waals surface area contributed by atoms with Gasteiger partial charge in [-0.05, 0) is 30.7 Å². The molecule has 124 valence electrons. The zero-order valence-electron chi connectivity index (χ0n) is 14.0. The van der Waals surface area contributed by atoms with Gasteiger partial charge < -0.3 is 10.1 Å². The number of rotatable bonds is 4. The SMILES string of the molecule is COc1ccccc1Nc1nc(C)nc2sc(-c3ccccc3)cc12. The van der Waals surface area contributed by atoms with Crippen molar-refractivity contribution in [2.24, 2.45) is 0 Å². The molecule has 0 unspecified atom stereocenters. The van der Waals surface area contributed by atoms with E-state index in [2.05, 4.69) is 33.5 Å². The van der Waals surface area contributed by atoms with Gasteiger partial charge in [0.15, 0.2) is 0 Å². The predicted octanol–water partition coefficient (Wildman–Crippen LogP) is 5.42. The van der Waals surface area contributed by atoms with Crippen molar-refractivity contribution in [3.05, 3.63) is 66.5 Å². The molecule has 0 fully saturated rings. The second kappa shape index (κ2) is 6.53. The first-order valence-electron chi connectivity index (χ1n) is 7.98. The third-order valence-electron chi connectivity index (χ3n) is 3.92. The zero-order chi connectivity index (χ0) is 17.2. The normalized spacial score (nSPS) is 10.8. The van der Waals surface area contributed by atoms with E-state index in [1.54, 1.807) is 18.4 Å². The maximum Gasteiger partial charge on any atom is 0.143 e. The van der Waals surface area contributed by atoms with E-state index in [0.29, 0.717) is 0 Å². The summed E-state index contributed by atoms with van der Waals surface area (Å²) in [6.07, 6.45) is 0. The predicted molar refractivity (Wildman–Crippen MR) is 104 cm³/mol. The summed E-state index contributed by atoms with van der Waals surface area (Å²) in [7, 11) is 1.67. The number of nitrogens with one attached hydrogen (secondary N) is 1. The third kappa shape index (κ3) is 3.06. The van der Waals surface area contributed by atoms with E-state index in [9.17, 15) is 0 Å². The average molecular weight is 347 g/mol.